The van der Waals surface area contributed by atoms with Gasteiger partial charge in [-0.3, -0.25) is 4.79 Å². The molecular formula is C12H13N5O. The fourth-order valence-electron chi connectivity index (χ4n) is 1.43. The summed E-state index contributed by atoms with van der Waals surface area (Å²) >= 11 is 0. The molecule has 1 aromatic carbocycles. The Kier molecular flexibility index (Phi) is 5.81. The highest BCUT2D eigenvalue weighted by atomic mass is 16.2. The van der Waals surface area contributed by atoms with E-state index >= 15 is 0 Å². The lowest BCUT2D eigenvalue weighted by atomic mass is 10.2. The summed E-state index contributed by atoms with van der Waals surface area (Å²) < 4.78 is 0. The SMILES string of the molecule is N#CN(CCCCN=[N+]=[N-])C(=O)c1ccccc1. The van der Waals surface area contributed by atoms with Crippen LogP contribution in [-0.2, 0) is 0 Å². The summed E-state index contributed by atoms with van der Waals surface area (Å²) in [5.41, 5.74) is 8.59. The molecule has 0 aromatic heterocycles. The summed E-state index contributed by atoms with van der Waals surface area (Å²) in [6, 6.07) is 8.67. The van der Waals surface area contributed by atoms with Crippen molar-refractivity contribution in [1.82, 2.24) is 4.90 Å². The first-order valence-electron chi connectivity index (χ1n) is 5.57. The number of unbranched alkanes of at least 4 members (excludes halogenated alkanes) is 1. The van der Waals surface area contributed by atoms with E-state index in [1.54, 1.807) is 24.3 Å². The number of benzene rings is 1. The minimum Gasteiger partial charge on any atom is -0.268 e. The molecule has 0 unspecified atom stereocenters. The highest BCUT2D eigenvalue weighted by Gasteiger charge is 2.13. The molecule has 0 atom stereocenters. The van der Waals surface area contributed by atoms with Crippen molar-refractivity contribution in [2.75, 3.05) is 13.1 Å². The minimum atomic E-state index is -0.304. The molecule has 6 heteroatoms. The van der Waals surface area contributed by atoms with Gasteiger partial charge in [-0.15, -0.1) is 0 Å². The van der Waals surface area contributed by atoms with Gasteiger partial charge in [-0.2, -0.15) is 5.26 Å². The number of nitriles is 1. The molecule has 92 valence electrons. The first kappa shape index (κ1) is 13.6. The standard InChI is InChI=1S/C12H13N5O/c13-10-17(9-5-4-8-15-16-14)12(18)11-6-2-1-3-7-11/h1-3,6-7H,4-5,8-9H2. The molecule has 0 fully saturated rings. The van der Waals surface area contributed by atoms with Crippen LogP contribution in [0.1, 0.15) is 23.2 Å². The summed E-state index contributed by atoms with van der Waals surface area (Å²) in [6.45, 7) is 0.723. The molecule has 0 N–H and O–H groups in total. The molecule has 1 amide bonds. The Bertz CT molecular complexity index is 473. The fourth-order valence-corrected chi connectivity index (χ4v) is 1.43. The molecule has 0 aliphatic rings. The van der Waals surface area contributed by atoms with Crippen molar-refractivity contribution >= 4 is 5.91 Å². The second kappa shape index (κ2) is 7.71. The van der Waals surface area contributed by atoms with Crippen molar-refractivity contribution in [2.45, 2.75) is 12.8 Å². The van der Waals surface area contributed by atoms with Gasteiger partial charge in [-0.05, 0) is 30.5 Å². The summed E-state index contributed by atoms with van der Waals surface area (Å²) in [6.07, 6.45) is 3.16. The number of rotatable bonds is 6. The lowest BCUT2D eigenvalue weighted by molar-refractivity contribution is 0.0830. The quantitative estimate of drug-likeness (QED) is 0.192. The fraction of sp³-hybridized carbons (Fsp3) is 0.333. The number of carbonyl (C=O) groups is 1. The van der Waals surface area contributed by atoms with Gasteiger partial charge in [-0.1, -0.05) is 23.3 Å². The predicted octanol–water partition coefficient (Wildman–Crippen LogP) is 2.70. The number of nitrogens with zero attached hydrogens (tertiary/aromatic N) is 5. The van der Waals surface area contributed by atoms with Gasteiger partial charge in [0.15, 0.2) is 6.19 Å². The van der Waals surface area contributed by atoms with Crippen LogP contribution in [0.3, 0.4) is 0 Å². The molecule has 0 radical (unpaired) electrons. The smallest absolute Gasteiger partial charge is 0.266 e. The maximum atomic E-state index is 11.9. The van der Waals surface area contributed by atoms with E-state index in [1.165, 1.54) is 0 Å². The summed E-state index contributed by atoms with van der Waals surface area (Å²) in [7, 11) is 0. The molecule has 0 spiro atoms. The van der Waals surface area contributed by atoms with Crippen molar-refractivity contribution in [3.05, 3.63) is 46.3 Å². The van der Waals surface area contributed by atoms with Crippen LogP contribution in [-0.4, -0.2) is 23.9 Å². The molecule has 18 heavy (non-hydrogen) atoms. The van der Waals surface area contributed by atoms with Gasteiger partial charge < -0.3 is 0 Å². The van der Waals surface area contributed by atoms with E-state index in [4.69, 9.17) is 10.8 Å². The summed E-state index contributed by atoms with van der Waals surface area (Å²) in [4.78, 5) is 15.7. The normalized spacial score (nSPS) is 9.06. The molecule has 1 aromatic rings. The molecule has 0 aliphatic carbocycles. The highest BCUT2D eigenvalue weighted by Crippen LogP contribution is 2.05. The highest BCUT2D eigenvalue weighted by molar-refractivity contribution is 5.95. The number of amides is 1. The topological polar surface area (TPSA) is 92.9 Å². The maximum absolute atomic E-state index is 11.9. The zero-order chi connectivity index (χ0) is 13.2. The first-order chi connectivity index (χ1) is 8.79. The lowest BCUT2D eigenvalue weighted by Crippen LogP contribution is -2.27. The Labute approximate surface area is 105 Å². The van der Waals surface area contributed by atoms with E-state index in [0.717, 1.165) is 4.90 Å². The Balaban J connectivity index is 2.49. The monoisotopic (exact) mass is 243 g/mol. The van der Waals surface area contributed by atoms with Crippen LogP contribution in [0.5, 0.6) is 0 Å². The molecule has 0 aliphatic heterocycles. The van der Waals surface area contributed by atoms with Crippen LogP contribution in [0.2, 0.25) is 0 Å². The van der Waals surface area contributed by atoms with E-state index in [1.807, 2.05) is 12.3 Å². The van der Waals surface area contributed by atoms with E-state index < -0.39 is 0 Å². The van der Waals surface area contributed by atoms with Crippen molar-refractivity contribution in [1.29, 1.82) is 5.26 Å². The zero-order valence-electron chi connectivity index (χ0n) is 9.86. The van der Waals surface area contributed by atoms with Gasteiger partial charge in [0.25, 0.3) is 5.91 Å². The number of hydrogen-bond donors (Lipinski definition) is 0. The third kappa shape index (κ3) is 4.16. The minimum absolute atomic E-state index is 0.304. The molecule has 0 bridgehead atoms. The van der Waals surface area contributed by atoms with Gasteiger partial charge in [0.05, 0.1) is 0 Å². The van der Waals surface area contributed by atoms with Crippen molar-refractivity contribution in [3.63, 3.8) is 0 Å². The second-order valence-electron chi connectivity index (χ2n) is 3.58. The molecule has 1 rings (SSSR count). The average molecular weight is 243 g/mol. The summed E-state index contributed by atoms with van der Waals surface area (Å²) in [5, 5.41) is 12.3. The van der Waals surface area contributed by atoms with E-state index in [9.17, 15) is 4.79 Å². The van der Waals surface area contributed by atoms with E-state index in [2.05, 4.69) is 10.0 Å². The van der Waals surface area contributed by atoms with Crippen molar-refractivity contribution in [3.8, 4) is 6.19 Å². The predicted molar refractivity (Wildman–Crippen MR) is 66.3 cm³/mol. The van der Waals surface area contributed by atoms with Crippen LogP contribution in [0, 0.1) is 11.5 Å². The molecule has 6 nitrogen and oxygen atoms in total. The van der Waals surface area contributed by atoms with Crippen LogP contribution in [0.4, 0.5) is 0 Å². The Morgan fingerprint density at radius 1 is 1.39 bits per heavy atom. The van der Waals surface area contributed by atoms with Crippen LogP contribution in [0.25, 0.3) is 10.4 Å². The average Bonchev–Trinajstić information content (AvgIpc) is 2.43. The van der Waals surface area contributed by atoms with Crippen LogP contribution >= 0.6 is 0 Å². The van der Waals surface area contributed by atoms with E-state index in [-0.39, 0.29) is 5.91 Å². The van der Waals surface area contributed by atoms with Crippen LogP contribution in [0.15, 0.2) is 35.4 Å². The van der Waals surface area contributed by atoms with Gasteiger partial charge in [-0.25, -0.2) is 4.90 Å². The van der Waals surface area contributed by atoms with Gasteiger partial charge in [0.1, 0.15) is 0 Å². The number of carbonyl (C=O) groups excluding carboxylic acids is 1. The second-order valence-corrected chi connectivity index (χ2v) is 3.58. The first-order valence-corrected chi connectivity index (χ1v) is 5.57. The number of hydrogen-bond acceptors (Lipinski definition) is 3. The van der Waals surface area contributed by atoms with E-state index in [0.29, 0.717) is 31.5 Å². The molecular weight excluding hydrogens is 230 g/mol. The molecule has 0 heterocycles. The van der Waals surface area contributed by atoms with Gasteiger partial charge in [0.2, 0.25) is 0 Å². The summed E-state index contributed by atoms with van der Waals surface area (Å²) in [5.74, 6) is -0.304. The Morgan fingerprint density at radius 3 is 2.72 bits per heavy atom. The van der Waals surface area contributed by atoms with Gasteiger partial charge in [0, 0.05) is 23.6 Å². The van der Waals surface area contributed by atoms with Crippen LogP contribution < -0.4 is 0 Å². The van der Waals surface area contributed by atoms with Gasteiger partial charge >= 0.3 is 0 Å². The number of azide groups is 1. The largest absolute Gasteiger partial charge is 0.268 e. The third-order valence-electron chi connectivity index (χ3n) is 2.34. The molecule has 0 saturated carbocycles. The van der Waals surface area contributed by atoms with Crippen molar-refractivity contribution < 1.29 is 4.79 Å². The third-order valence-corrected chi connectivity index (χ3v) is 2.34. The Hall–Kier alpha value is -2.51. The lowest BCUT2D eigenvalue weighted by Gasteiger charge is -2.13. The zero-order valence-corrected chi connectivity index (χ0v) is 9.86. The Morgan fingerprint density at radius 2 is 2.11 bits per heavy atom. The van der Waals surface area contributed by atoms with Crippen molar-refractivity contribution in [2.24, 2.45) is 5.11 Å². The molecule has 0 saturated heterocycles. The maximum Gasteiger partial charge on any atom is 0.266 e.